The summed E-state index contributed by atoms with van der Waals surface area (Å²) in [4.78, 5) is 10.5. The summed E-state index contributed by atoms with van der Waals surface area (Å²) in [6.07, 6.45) is 3.89. The molecule has 0 radical (unpaired) electrons. The van der Waals surface area contributed by atoms with E-state index in [1.54, 1.807) is 22.6 Å². The Morgan fingerprint density at radius 1 is 1.30 bits per heavy atom. The first kappa shape index (κ1) is 6.88. The van der Waals surface area contributed by atoms with Gasteiger partial charge in [0.25, 0.3) is 0 Å². The highest BCUT2D eigenvalue weighted by molar-refractivity contribution is 14.1. The molecule has 0 bridgehead atoms. The van der Waals surface area contributed by atoms with E-state index in [1.807, 2.05) is 0 Å². The molecule has 2 aliphatic rings. The minimum atomic E-state index is -0.149. The van der Waals surface area contributed by atoms with Gasteiger partial charge in [-0.25, -0.2) is 4.79 Å². The van der Waals surface area contributed by atoms with Crippen LogP contribution in [0.5, 0.6) is 0 Å². The van der Waals surface area contributed by atoms with E-state index in [1.165, 1.54) is 6.42 Å². The average Bonchev–Trinajstić information content (AvgIpc) is 2.39. The molecule has 2 nitrogen and oxygen atoms in total. The number of hydrogen-bond acceptors (Lipinski definition) is 2. The van der Waals surface area contributed by atoms with Crippen LogP contribution in [0.2, 0.25) is 0 Å². The van der Waals surface area contributed by atoms with E-state index in [-0.39, 0.29) is 10.1 Å². The predicted octanol–water partition coefficient (Wildman–Crippen LogP) is 2.36. The average molecular weight is 252 g/mol. The Labute approximate surface area is 73.5 Å². The van der Waals surface area contributed by atoms with Crippen LogP contribution in [0.15, 0.2) is 0 Å². The summed E-state index contributed by atoms with van der Waals surface area (Å²) >= 11 is 1.69. The van der Waals surface area contributed by atoms with Crippen LogP contribution in [0.3, 0.4) is 0 Å². The number of fused-ring (bicyclic) bond motifs is 1. The number of hydrogen-bond donors (Lipinski definition) is 0. The maximum atomic E-state index is 10.5. The van der Waals surface area contributed by atoms with Crippen LogP contribution in [0.4, 0.5) is 4.79 Å². The molecule has 0 heterocycles. The number of ether oxygens (including phenoxy) is 1. The summed E-state index contributed by atoms with van der Waals surface area (Å²) < 4.78 is 4.91. The fraction of sp³-hybridized carbons (Fsp3) is 0.857. The molecule has 2 fully saturated rings. The Balaban J connectivity index is 1.80. The molecule has 3 heteroatoms. The van der Waals surface area contributed by atoms with Gasteiger partial charge in [0.2, 0.25) is 0 Å². The van der Waals surface area contributed by atoms with E-state index in [2.05, 4.69) is 0 Å². The van der Waals surface area contributed by atoms with Crippen molar-refractivity contribution >= 4 is 26.6 Å². The predicted molar refractivity (Wildman–Crippen MR) is 45.1 cm³/mol. The lowest BCUT2D eigenvalue weighted by atomic mass is 10.2. The molecule has 56 valence electrons. The minimum absolute atomic E-state index is 0.149. The van der Waals surface area contributed by atoms with Crippen LogP contribution in [-0.2, 0) is 4.74 Å². The van der Waals surface area contributed by atoms with Gasteiger partial charge in [0.1, 0.15) is 6.10 Å². The summed E-state index contributed by atoms with van der Waals surface area (Å²) in [6, 6.07) is 0. The van der Waals surface area contributed by atoms with Crippen molar-refractivity contribution in [3.63, 3.8) is 0 Å². The number of carbonyl (C=O) groups is 1. The molecule has 0 aliphatic heterocycles. The zero-order chi connectivity index (χ0) is 7.14. The van der Waals surface area contributed by atoms with Crippen molar-refractivity contribution < 1.29 is 9.53 Å². The van der Waals surface area contributed by atoms with Crippen molar-refractivity contribution in [1.82, 2.24) is 0 Å². The Morgan fingerprint density at radius 3 is 2.40 bits per heavy atom. The van der Waals surface area contributed by atoms with Crippen LogP contribution in [0, 0.1) is 11.8 Å². The van der Waals surface area contributed by atoms with Crippen molar-refractivity contribution in [1.29, 1.82) is 0 Å². The molecule has 10 heavy (non-hydrogen) atoms. The van der Waals surface area contributed by atoms with E-state index in [0.29, 0.717) is 0 Å². The maximum Gasteiger partial charge on any atom is 0.367 e. The second-order valence-electron chi connectivity index (χ2n) is 3.20. The molecular weight excluding hydrogens is 243 g/mol. The van der Waals surface area contributed by atoms with Crippen LogP contribution >= 0.6 is 22.6 Å². The normalized spacial score (nSPS) is 42.7. The summed E-state index contributed by atoms with van der Waals surface area (Å²) in [6.45, 7) is 0. The van der Waals surface area contributed by atoms with E-state index in [9.17, 15) is 4.79 Å². The quantitative estimate of drug-likeness (QED) is 0.529. The molecule has 0 aromatic rings. The van der Waals surface area contributed by atoms with Crippen molar-refractivity contribution in [2.24, 2.45) is 11.8 Å². The largest absolute Gasteiger partial charge is 0.455 e. The van der Waals surface area contributed by atoms with Crippen LogP contribution < -0.4 is 0 Å². The summed E-state index contributed by atoms with van der Waals surface area (Å²) in [5.74, 6) is 1.81. The summed E-state index contributed by atoms with van der Waals surface area (Å²) in [7, 11) is 0. The molecule has 2 unspecified atom stereocenters. The molecule has 0 amide bonds. The summed E-state index contributed by atoms with van der Waals surface area (Å²) in [5, 5.41) is 0. The molecule has 0 N–H and O–H groups in total. The van der Waals surface area contributed by atoms with Gasteiger partial charge < -0.3 is 4.74 Å². The number of carbonyl (C=O) groups excluding carboxylic acids is 1. The highest BCUT2D eigenvalue weighted by Crippen LogP contribution is 2.52. The highest BCUT2D eigenvalue weighted by Gasteiger charge is 2.47. The van der Waals surface area contributed by atoms with Gasteiger partial charge in [0, 0.05) is 0 Å². The standard InChI is InChI=1S/C7H9IO2/c8-7(9)10-6-2-4-1-5(4)3-6/h4-6H,1-3H2. The van der Waals surface area contributed by atoms with Gasteiger partial charge in [0.15, 0.2) is 0 Å². The smallest absolute Gasteiger partial charge is 0.367 e. The maximum absolute atomic E-state index is 10.5. The van der Waals surface area contributed by atoms with Gasteiger partial charge in [-0.15, -0.1) is 0 Å². The van der Waals surface area contributed by atoms with E-state index >= 15 is 0 Å². The molecular formula is C7H9IO2. The molecule has 2 rings (SSSR count). The van der Waals surface area contributed by atoms with E-state index in [4.69, 9.17) is 4.74 Å². The molecule has 0 aromatic heterocycles. The van der Waals surface area contributed by atoms with Crippen molar-refractivity contribution in [3.8, 4) is 0 Å². The topological polar surface area (TPSA) is 26.3 Å². The van der Waals surface area contributed by atoms with E-state index < -0.39 is 0 Å². The second-order valence-corrected chi connectivity index (χ2v) is 4.09. The van der Waals surface area contributed by atoms with Crippen molar-refractivity contribution in [2.45, 2.75) is 25.4 Å². The number of halogens is 1. The monoisotopic (exact) mass is 252 g/mol. The zero-order valence-electron chi connectivity index (χ0n) is 5.55. The molecule has 0 spiro atoms. The molecule has 2 atom stereocenters. The van der Waals surface area contributed by atoms with Crippen LogP contribution in [0.1, 0.15) is 19.3 Å². The Morgan fingerprint density at radius 2 is 1.90 bits per heavy atom. The lowest BCUT2D eigenvalue weighted by Crippen LogP contribution is -2.10. The number of rotatable bonds is 1. The first-order chi connectivity index (χ1) is 4.75. The third-order valence-electron chi connectivity index (χ3n) is 2.46. The zero-order valence-corrected chi connectivity index (χ0v) is 7.71. The van der Waals surface area contributed by atoms with Crippen molar-refractivity contribution in [3.05, 3.63) is 0 Å². The Kier molecular flexibility index (Phi) is 1.62. The lowest BCUT2D eigenvalue weighted by Gasteiger charge is -2.09. The van der Waals surface area contributed by atoms with E-state index in [0.717, 1.165) is 24.7 Å². The SMILES string of the molecule is O=C(I)OC1CC2CC2C1. The Hall–Kier alpha value is 0.200. The second kappa shape index (κ2) is 2.36. The molecule has 0 saturated heterocycles. The van der Waals surface area contributed by atoms with Gasteiger partial charge in [-0.05, 0) is 31.1 Å². The fourth-order valence-electron chi connectivity index (χ4n) is 1.89. The van der Waals surface area contributed by atoms with Crippen LogP contribution in [-0.4, -0.2) is 10.1 Å². The van der Waals surface area contributed by atoms with Gasteiger partial charge >= 0.3 is 3.98 Å². The lowest BCUT2D eigenvalue weighted by molar-refractivity contribution is 0.122. The molecule has 0 aromatic carbocycles. The third-order valence-corrected chi connectivity index (χ3v) is 2.71. The minimum Gasteiger partial charge on any atom is -0.455 e. The van der Waals surface area contributed by atoms with Crippen LogP contribution in [0.25, 0.3) is 0 Å². The molecule has 2 saturated carbocycles. The van der Waals surface area contributed by atoms with Gasteiger partial charge in [-0.3, -0.25) is 0 Å². The van der Waals surface area contributed by atoms with Crippen molar-refractivity contribution in [2.75, 3.05) is 0 Å². The van der Waals surface area contributed by atoms with Gasteiger partial charge in [-0.1, -0.05) is 0 Å². The van der Waals surface area contributed by atoms with Gasteiger partial charge in [-0.2, -0.15) is 0 Å². The summed E-state index contributed by atoms with van der Waals surface area (Å²) in [5.41, 5.74) is 0. The van der Waals surface area contributed by atoms with Gasteiger partial charge in [0.05, 0.1) is 22.6 Å². The first-order valence-electron chi connectivity index (χ1n) is 3.62. The third kappa shape index (κ3) is 1.28. The fourth-order valence-corrected chi connectivity index (χ4v) is 2.25. The highest BCUT2D eigenvalue weighted by atomic mass is 127. The Bertz CT molecular complexity index is 159. The molecule has 2 aliphatic carbocycles. The first-order valence-corrected chi connectivity index (χ1v) is 4.69.